The highest BCUT2D eigenvalue weighted by Crippen LogP contribution is 2.01. The van der Waals surface area contributed by atoms with E-state index in [0.29, 0.717) is 18.7 Å². The molecule has 0 saturated heterocycles. The summed E-state index contributed by atoms with van der Waals surface area (Å²) in [6, 6.07) is 3.59. The maximum Gasteiger partial charge on any atom is 0.237 e. The summed E-state index contributed by atoms with van der Waals surface area (Å²) in [6.07, 6.45) is 1.95. The van der Waals surface area contributed by atoms with Crippen molar-refractivity contribution in [1.29, 1.82) is 5.26 Å². The predicted molar refractivity (Wildman–Crippen MR) is 47.7 cm³/mol. The van der Waals surface area contributed by atoms with Gasteiger partial charge < -0.3 is 9.84 Å². The zero-order valence-corrected chi connectivity index (χ0v) is 7.86. The Morgan fingerprint density at radius 2 is 2.64 bits per heavy atom. The SMILES string of the molecule is CCC(C#N)C(=O)NCc1ccon1. The Hall–Kier alpha value is -1.83. The molecule has 1 aromatic rings. The van der Waals surface area contributed by atoms with E-state index in [9.17, 15) is 4.79 Å². The maximum absolute atomic E-state index is 11.3. The van der Waals surface area contributed by atoms with E-state index < -0.39 is 5.92 Å². The van der Waals surface area contributed by atoms with Crippen LogP contribution in [-0.4, -0.2) is 11.1 Å². The summed E-state index contributed by atoms with van der Waals surface area (Å²) >= 11 is 0. The third kappa shape index (κ3) is 2.59. The summed E-state index contributed by atoms with van der Waals surface area (Å²) in [4.78, 5) is 11.3. The molecular weight excluding hydrogens is 182 g/mol. The molecule has 5 heteroatoms. The number of hydrogen-bond donors (Lipinski definition) is 1. The summed E-state index contributed by atoms with van der Waals surface area (Å²) in [5.41, 5.74) is 0.645. The Morgan fingerprint density at radius 1 is 1.86 bits per heavy atom. The number of amides is 1. The molecule has 1 N–H and O–H groups in total. The Labute approximate surface area is 81.7 Å². The lowest BCUT2D eigenvalue weighted by Crippen LogP contribution is -2.29. The average molecular weight is 193 g/mol. The molecule has 0 aliphatic heterocycles. The number of carbonyl (C=O) groups is 1. The van der Waals surface area contributed by atoms with E-state index in [0.717, 1.165) is 0 Å². The zero-order chi connectivity index (χ0) is 10.4. The molecule has 5 nitrogen and oxygen atoms in total. The number of hydrogen-bond acceptors (Lipinski definition) is 4. The first-order valence-corrected chi connectivity index (χ1v) is 4.34. The number of aromatic nitrogens is 1. The van der Waals surface area contributed by atoms with Crippen LogP contribution in [0.1, 0.15) is 19.0 Å². The zero-order valence-electron chi connectivity index (χ0n) is 7.86. The van der Waals surface area contributed by atoms with Crippen LogP contribution in [0, 0.1) is 17.2 Å². The highest BCUT2D eigenvalue weighted by atomic mass is 16.5. The first kappa shape index (κ1) is 10.3. The second kappa shape index (κ2) is 5.02. The summed E-state index contributed by atoms with van der Waals surface area (Å²) in [6.45, 7) is 2.09. The number of nitriles is 1. The minimum Gasteiger partial charge on any atom is -0.364 e. The molecule has 0 radical (unpaired) electrons. The fourth-order valence-corrected chi connectivity index (χ4v) is 0.965. The lowest BCUT2D eigenvalue weighted by Gasteiger charge is -2.05. The van der Waals surface area contributed by atoms with E-state index in [1.807, 2.05) is 6.07 Å². The quantitative estimate of drug-likeness (QED) is 0.768. The molecule has 14 heavy (non-hydrogen) atoms. The van der Waals surface area contributed by atoms with Crippen LogP contribution in [0.5, 0.6) is 0 Å². The van der Waals surface area contributed by atoms with Crippen molar-refractivity contribution >= 4 is 5.91 Å². The second-order valence-corrected chi connectivity index (χ2v) is 2.80. The van der Waals surface area contributed by atoms with Crippen molar-refractivity contribution in [3.8, 4) is 6.07 Å². The normalized spacial score (nSPS) is 11.7. The third-order valence-corrected chi connectivity index (χ3v) is 1.82. The molecule has 1 atom stereocenters. The predicted octanol–water partition coefficient (Wildman–Crippen LogP) is 0.841. The molecule has 0 aliphatic carbocycles. The number of nitrogens with one attached hydrogen (secondary N) is 1. The molecule has 1 rings (SSSR count). The summed E-state index contributed by atoms with van der Waals surface area (Å²) in [5, 5.41) is 14.8. The molecule has 1 unspecified atom stereocenters. The second-order valence-electron chi connectivity index (χ2n) is 2.80. The summed E-state index contributed by atoms with van der Waals surface area (Å²) in [5.74, 6) is -0.847. The van der Waals surface area contributed by atoms with Gasteiger partial charge in [-0.15, -0.1) is 0 Å². The standard InChI is InChI=1S/C9H11N3O2/c1-2-7(5-10)9(13)11-6-8-3-4-14-12-8/h3-4,7H,2,6H2,1H3,(H,11,13). The van der Waals surface area contributed by atoms with Gasteiger partial charge in [-0.25, -0.2) is 0 Å². The molecule has 1 aromatic heterocycles. The molecule has 1 amide bonds. The Bertz CT molecular complexity index is 326. The van der Waals surface area contributed by atoms with Gasteiger partial charge in [0.2, 0.25) is 5.91 Å². The smallest absolute Gasteiger partial charge is 0.237 e. The van der Waals surface area contributed by atoms with Crippen LogP contribution in [0.3, 0.4) is 0 Å². The Kier molecular flexibility index (Phi) is 3.68. The van der Waals surface area contributed by atoms with Crippen molar-refractivity contribution in [3.05, 3.63) is 18.0 Å². The van der Waals surface area contributed by atoms with Gasteiger partial charge in [-0.1, -0.05) is 12.1 Å². The van der Waals surface area contributed by atoms with Crippen molar-refractivity contribution in [2.24, 2.45) is 5.92 Å². The number of nitrogens with zero attached hydrogens (tertiary/aromatic N) is 2. The Balaban J connectivity index is 2.39. The molecule has 0 bridgehead atoms. The van der Waals surface area contributed by atoms with Crippen LogP contribution < -0.4 is 5.32 Å². The minimum absolute atomic E-state index is 0.266. The largest absolute Gasteiger partial charge is 0.364 e. The number of carbonyl (C=O) groups excluding carboxylic acids is 1. The van der Waals surface area contributed by atoms with E-state index >= 15 is 0 Å². The van der Waals surface area contributed by atoms with Gasteiger partial charge in [0.25, 0.3) is 0 Å². The van der Waals surface area contributed by atoms with Gasteiger partial charge in [0.1, 0.15) is 17.9 Å². The van der Waals surface area contributed by atoms with Gasteiger partial charge in [0.05, 0.1) is 12.6 Å². The van der Waals surface area contributed by atoms with Crippen molar-refractivity contribution in [2.75, 3.05) is 0 Å². The third-order valence-electron chi connectivity index (χ3n) is 1.82. The van der Waals surface area contributed by atoms with Crippen LogP contribution in [0.4, 0.5) is 0 Å². The van der Waals surface area contributed by atoms with Crippen LogP contribution in [0.25, 0.3) is 0 Å². The van der Waals surface area contributed by atoms with Crippen molar-refractivity contribution in [3.63, 3.8) is 0 Å². The number of rotatable bonds is 4. The molecule has 74 valence electrons. The molecule has 0 aromatic carbocycles. The summed E-state index contributed by atoms with van der Waals surface area (Å²) in [7, 11) is 0. The Morgan fingerprint density at radius 3 is 3.14 bits per heavy atom. The molecule has 0 saturated carbocycles. The molecule has 0 fully saturated rings. The van der Waals surface area contributed by atoms with E-state index in [4.69, 9.17) is 5.26 Å². The minimum atomic E-state index is -0.582. The molecule has 0 aliphatic rings. The fraction of sp³-hybridized carbons (Fsp3) is 0.444. The van der Waals surface area contributed by atoms with Crippen LogP contribution in [0.15, 0.2) is 16.9 Å². The van der Waals surface area contributed by atoms with Gasteiger partial charge in [0, 0.05) is 6.07 Å². The van der Waals surface area contributed by atoms with Gasteiger partial charge >= 0.3 is 0 Å². The van der Waals surface area contributed by atoms with Crippen LogP contribution in [-0.2, 0) is 11.3 Å². The maximum atomic E-state index is 11.3. The van der Waals surface area contributed by atoms with E-state index in [2.05, 4.69) is 15.0 Å². The van der Waals surface area contributed by atoms with Crippen molar-refractivity contribution < 1.29 is 9.32 Å². The van der Waals surface area contributed by atoms with Crippen LogP contribution >= 0.6 is 0 Å². The molecule has 1 heterocycles. The van der Waals surface area contributed by atoms with E-state index in [1.165, 1.54) is 6.26 Å². The van der Waals surface area contributed by atoms with Crippen molar-refractivity contribution in [1.82, 2.24) is 10.5 Å². The van der Waals surface area contributed by atoms with Gasteiger partial charge in [-0.2, -0.15) is 5.26 Å². The lowest BCUT2D eigenvalue weighted by atomic mass is 10.1. The fourth-order valence-electron chi connectivity index (χ4n) is 0.965. The summed E-state index contributed by atoms with van der Waals surface area (Å²) < 4.78 is 4.59. The lowest BCUT2D eigenvalue weighted by molar-refractivity contribution is -0.123. The molecular formula is C9H11N3O2. The first-order valence-electron chi connectivity index (χ1n) is 4.34. The van der Waals surface area contributed by atoms with E-state index in [-0.39, 0.29) is 5.91 Å². The van der Waals surface area contributed by atoms with Gasteiger partial charge in [-0.3, -0.25) is 4.79 Å². The van der Waals surface area contributed by atoms with Crippen LogP contribution in [0.2, 0.25) is 0 Å². The monoisotopic (exact) mass is 193 g/mol. The molecule has 0 spiro atoms. The highest BCUT2D eigenvalue weighted by Gasteiger charge is 2.14. The van der Waals surface area contributed by atoms with Crippen molar-refractivity contribution in [2.45, 2.75) is 19.9 Å². The van der Waals surface area contributed by atoms with Gasteiger partial charge in [0.15, 0.2) is 0 Å². The topological polar surface area (TPSA) is 78.9 Å². The van der Waals surface area contributed by atoms with Gasteiger partial charge in [-0.05, 0) is 6.42 Å². The first-order chi connectivity index (χ1) is 6.77. The highest BCUT2D eigenvalue weighted by molar-refractivity contribution is 5.80. The van der Waals surface area contributed by atoms with E-state index in [1.54, 1.807) is 13.0 Å². The average Bonchev–Trinajstić information content (AvgIpc) is 2.69.